The van der Waals surface area contributed by atoms with Crippen LogP contribution in [0.2, 0.25) is 0 Å². The van der Waals surface area contributed by atoms with Gasteiger partial charge in [-0.15, -0.1) is 5.10 Å². The molecule has 1 aliphatic rings. The van der Waals surface area contributed by atoms with Crippen molar-refractivity contribution < 1.29 is 14.0 Å². The normalized spacial score (nSPS) is 22.2. The quantitative estimate of drug-likeness (QED) is 0.803. The zero-order valence-electron chi connectivity index (χ0n) is 13.8. The van der Waals surface area contributed by atoms with E-state index in [9.17, 15) is 4.57 Å². The van der Waals surface area contributed by atoms with Gasteiger partial charge in [0.05, 0.1) is 12.8 Å². The molecule has 2 atom stereocenters. The highest BCUT2D eigenvalue weighted by Gasteiger charge is 2.43. The summed E-state index contributed by atoms with van der Waals surface area (Å²) in [6.45, 7) is 7.60. The highest BCUT2D eigenvalue weighted by Crippen LogP contribution is 2.54. The molecule has 0 radical (unpaired) electrons. The largest absolute Gasteiger partial charge is 0.348 e. The third kappa shape index (κ3) is 3.55. The van der Waals surface area contributed by atoms with Crippen molar-refractivity contribution >= 4 is 7.14 Å². The van der Waals surface area contributed by atoms with Crippen molar-refractivity contribution in [1.29, 1.82) is 0 Å². The molecule has 0 spiro atoms. The van der Waals surface area contributed by atoms with E-state index in [4.69, 9.17) is 9.47 Å². The fourth-order valence-corrected chi connectivity index (χ4v) is 4.50. The Labute approximate surface area is 136 Å². The average Bonchev–Trinajstić information content (AvgIpc) is 3.06. The van der Waals surface area contributed by atoms with Crippen LogP contribution in [-0.2, 0) is 14.0 Å². The number of rotatable bonds is 4. The number of benzene rings is 1. The zero-order chi connectivity index (χ0) is 16.7. The van der Waals surface area contributed by atoms with Gasteiger partial charge in [0, 0.05) is 5.56 Å². The van der Waals surface area contributed by atoms with E-state index in [1.165, 1.54) is 0 Å². The van der Waals surface area contributed by atoms with Gasteiger partial charge in [0.1, 0.15) is 24.7 Å². The van der Waals surface area contributed by atoms with Crippen LogP contribution in [0.3, 0.4) is 0 Å². The van der Waals surface area contributed by atoms with Crippen LogP contribution in [0.25, 0.3) is 11.3 Å². The van der Waals surface area contributed by atoms with E-state index >= 15 is 0 Å². The molecule has 2 heterocycles. The third-order valence-electron chi connectivity index (χ3n) is 3.85. The Morgan fingerprint density at radius 1 is 1.30 bits per heavy atom. The standard InChI is InChI=1S/C16H22N3O3P/c1-16(2)21-11-14(22-16)15(23(3,4)20)19-10-13(17-18-19)12-8-6-5-7-9-12/h5-10,14-15H,11H2,1-4H3/t14?,15-/m0/s1. The minimum Gasteiger partial charge on any atom is -0.348 e. The first-order valence-corrected chi connectivity index (χ1v) is 10.3. The third-order valence-corrected chi connectivity index (χ3v) is 5.69. The van der Waals surface area contributed by atoms with Crippen molar-refractivity contribution in [2.24, 2.45) is 0 Å². The van der Waals surface area contributed by atoms with E-state index in [1.54, 1.807) is 18.0 Å². The van der Waals surface area contributed by atoms with Crippen molar-refractivity contribution in [1.82, 2.24) is 15.0 Å². The lowest BCUT2D eigenvalue weighted by Gasteiger charge is -2.27. The second-order valence-electron chi connectivity index (χ2n) is 6.66. The van der Waals surface area contributed by atoms with Crippen molar-refractivity contribution in [2.75, 3.05) is 19.9 Å². The van der Waals surface area contributed by atoms with Gasteiger partial charge in [0.2, 0.25) is 0 Å². The summed E-state index contributed by atoms with van der Waals surface area (Å²) in [5.41, 5.74) is 1.73. The van der Waals surface area contributed by atoms with Crippen molar-refractivity contribution in [3.05, 3.63) is 36.5 Å². The SMILES string of the molecule is CC1(C)OCC([C@@H](n2cc(-c3ccccc3)nn2)P(C)(C)=O)O1. The van der Waals surface area contributed by atoms with Crippen molar-refractivity contribution in [3.8, 4) is 11.3 Å². The Morgan fingerprint density at radius 3 is 2.57 bits per heavy atom. The first-order valence-electron chi connectivity index (χ1n) is 7.60. The molecular weight excluding hydrogens is 313 g/mol. The van der Waals surface area contributed by atoms with E-state index in [0.717, 1.165) is 11.3 Å². The van der Waals surface area contributed by atoms with Gasteiger partial charge in [0.25, 0.3) is 0 Å². The summed E-state index contributed by atoms with van der Waals surface area (Å²) >= 11 is 0. The summed E-state index contributed by atoms with van der Waals surface area (Å²) in [5, 5.41) is 8.43. The van der Waals surface area contributed by atoms with E-state index in [1.807, 2.05) is 50.4 Å². The van der Waals surface area contributed by atoms with Crippen LogP contribution in [0.5, 0.6) is 0 Å². The molecule has 0 amide bonds. The fraction of sp³-hybridized carbons (Fsp3) is 0.500. The molecule has 1 saturated heterocycles. The molecule has 0 bridgehead atoms. The molecule has 0 N–H and O–H groups in total. The van der Waals surface area contributed by atoms with Gasteiger partial charge >= 0.3 is 0 Å². The Kier molecular flexibility index (Phi) is 4.17. The predicted molar refractivity (Wildman–Crippen MR) is 88.9 cm³/mol. The molecule has 6 nitrogen and oxygen atoms in total. The van der Waals surface area contributed by atoms with Crippen LogP contribution < -0.4 is 0 Å². The lowest BCUT2D eigenvalue weighted by atomic mass is 10.2. The van der Waals surface area contributed by atoms with Crippen LogP contribution in [0, 0.1) is 0 Å². The van der Waals surface area contributed by atoms with E-state index in [-0.39, 0.29) is 6.10 Å². The topological polar surface area (TPSA) is 66.2 Å². The minimum atomic E-state index is -2.53. The average molecular weight is 335 g/mol. The Bertz CT molecular complexity index is 723. The number of hydrogen-bond acceptors (Lipinski definition) is 5. The van der Waals surface area contributed by atoms with Crippen LogP contribution in [0.4, 0.5) is 0 Å². The maximum absolute atomic E-state index is 12.8. The Balaban J connectivity index is 1.93. The molecule has 3 rings (SSSR count). The maximum Gasteiger partial charge on any atom is 0.163 e. The second kappa shape index (κ2) is 5.86. The lowest BCUT2D eigenvalue weighted by molar-refractivity contribution is -0.140. The molecule has 124 valence electrons. The van der Waals surface area contributed by atoms with Gasteiger partial charge in [-0.2, -0.15) is 0 Å². The van der Waals surface area contributed by atoms with Gasteiger partial charge in [0.15, 0.2) is 5.79 Å². The smallest absolute Gasteiger partial charge is 0.163 e. The highest BCUT2D eigenvalue weighted by atomic mass is 31.2. The fourth-order valence-electron chi connectivity index (χ4n) is 2.87. The summed E-state index contributed by atoms with van der Waals surface area (Å²) in [6.07, 6.45) is 1.52. The molecular formula is C16H22N3O3P. The number of aromatic nitrogens is 3. The molecule has 23 heavy (non-hydrogen) atoms. The molecule has 1 aromatic heterocycles. The molecule has 1 aliphatic heterocycles. The number of hydrogen-bond donors (Lipinski definition) is 0. The van der Waals surface area contributed by atoms with Crippen molar-refractivity contribution in [2.45, 2.75) is 31.5 Å². The molecule has 7 heteroatoms. The monoisotopic (exact) mass is 335 g/mol. The Hall–Kier alpha value is -1.49. The predicted octanol–water partition coefficient (Wildman–Crippen LogP) is 3.22. The molecule has 1 unspecified atom stereocenters. The van der Waals surface area contributed by atoms with E-state index < -0.39 is 18.7 Å². The molecule has 0 saturated carbocycles. The zero-order valence-corrected chi connectivity index (χ0v) is 14.7. The van der Waals surface area contributed by atoms with Gasteiger partial charge in [-0.05, 0) is 27.2 Å². The van der Waals surface area contributed by atoms with Gasteiger partial charge < -0.3 is 14.0 Å². The van der Waals surface area contributed by atoms with Crippen LogP contribution in [0.1, 0.15) is 19.6 Å². The second-order valence-corrected chi connectivity index (χ2v) is 10.1. The Morgan fingerprint density at radius 2 is 2.00 bits per heavy atom. The maximum atomic E-state index is 12.8. The molecule has 1 fully saturated rings. The van der Waals surface area contributed by atoms with Gasteiger partial charge in [-0.25, -0.2) is 4.68 Å². The van der Waals surface area contributed by atoms with Gasteiger partial charge in [-0.3, -0.25) is 0 Å². The molecule has 2 aromatic rings. The van der Waals surface area contributed by atoms with Crippen LogP contribution >= 0.6 is 7.14 Å². The summed E-state index contributed by atoms with van der Waals surface area (Å²) in [5.74, 6) is -1.06. The number of nitrogens with zero attached hydrogens (tertiary/aromatic N) is 3. The summed E-state index contributed by atoms with van der Waals surface area (Å²) in [7, 11) is -2.53. The van der Waals surface area contributed by atoms with Crippen LogP contribution in [0.15, 0.2) is 36.5 Å². The molecule has 1 aromatic carbocycles. The summed E-state index contributed by atoms with van der Waals surface area (Å²) < 4.78 is 26.1. The van der Waals surface area contributed by atoms with Crippen LogP contribution in [-0.4, -0.2) is 46.8 Å². The van der Waals surface area contributed by atoms with E-state index in [0.29, 0.717) is 6.61 Å². The van der Waals surface area contributed by atoms with Gasteiger partial charge in [-0.1, -0.05) is 35.5 Å². The first-order chi connectivity index (χ1) is 10.8. The molecule has 0 aliphatic carbocycles. The minimum absolute atomic E-state index is 0.309. The lowest BCUT2D eigenvalue weighted by Crippen LogP contribution is -2.29. The highest BCUT2D eigenvalue weighted by molar-refractivity contribution is 7.62. The first kappa shape index (κ1) is 16.4. The van der Waals surface area contributed by atoms with Crippen molar-refractivity contribution in [3.63, 3.8) is 0 Å². The summed E-state index contributed by atoms with van der Waals surface area (Å²) in [6, 6.07) is 9.80. The summed E-state index contributed by atoms with van der Waals surface area (Å²) in [4.78, 5) is 0. The number of ether oxygens (including phenoxy) is 2. The van der Waals surface area contributed by atoms with E-state index in [2.05, 4.69) is 10.3 Å².